The van der Waals surface area contributed by atoms with E-state index in [0.29, 0.717) is 17.1 Å². The van der Waals surface area contributed by atoms with E-state index in [2.05, 4.69) is 5.32 Å². The number of anilines is 1. The Hall–Kier alpha value is -2.58. The molecule has 2 aromatic rings. The van der Waals surface area contributed by atoms with Crippen LogP contribution in [0.2, 0.25) is 5.02 Å². The second-order valence-corrected chi connectivity index (χ2v) is 11.6. The SMILES string of the molecule is Cc1ccc(C)c(N(CCCC(=O)N(Cc2ccc(Cl)cc2)[C@H](C)C(=O)NC(C)C)S(C)(=O)=O)c1. The third kappa shape index (κ3) is 8.54. The molecule has 7 nitrogen and oxygen atoms in total. The second-order valence-electron chi connectivity index (χ2n) is 9.22. The van der Waals surface area contributed by atoms with Gasteiger partial charge in [-0.25, -0.2) is 8.42 Å². The van der Waals surface area contributed by atoms with Crippen molar-refractivity contribution in [2.24, 2.45) is 0 Å². The van der Waals surface area contributed by atoms with E-state index in [4.69, 9.17) is 11.6 Å². The molecule has 1 atom stereocenters. The molecule has 0 spiro atoms. The number of hydrogen-bond donors (Lipinski definition) is 1. The number of halogens is 1. The lowest BCUT2D eigenvalue weighted by Crippen LogP contribution is -2.49. The summed E-state index contributed by atoms with van der Waals surface area (Å²) >= 11 is 5.99. The molecule has 192 valence electrons. The number of benzene rings is 2. The molecule has 1 N–H and O–H groups in total. The van der Waals surface area contributed by atoms with Crippen LogP contribution in [0.3, 0.4) is 0 Å². The molecule has 0 aliphatic rings. The third-order valence-corrected chi connectivity index (χ3v) is 7.08. The minimum atomic E-state index is -3.54. The van der Waals surface area contributed by atoms with E-state index in [0.717, 1.165) is 16.7 Å². The van der Waals surface area contributed by atoms with Crippen LogP contribution in [0.15, 0.2) is 42.5 Å². The van der Waals surface area contributed by atoms with Crippen LogP contribution in [0.5, 0.6) is 0 Å². The summed E-state index contributed by atoms with van der Waals surface area (Å²) in [6.45, 7) is 9.61. The minimum absolute atomic E-state index is 0.0571. The number of nitrogens with one attached hydrogen (secondary N) is 1. The van der Waals surface area contributed by atoms with Gasteiger partial charge < -0.3 is 10.2 Å². The van der Waals surface area contributed by atoms with Gasteiger partial charge in [-0.05, 0) is 75.9 Å². The normalized spacial score (nSPS) is 12.3. The van der Waals surface area contributed by atoms with Gasteiger partial charge in [0.1, 0.15) is 6.04 Å². The van der Waals surface area contributed by atoms with E-state index in [1.54, 1.807) is 19.1 Å². The van der Waals surface area contributed by atoms with Gasteiger partial charge in [0, 0.05) is 30.6 Å². The summed E-state index contributed by atoms with van der Waals surface area (Å²) in [5, 5.41) is 3.45. The van der Waals surface area contributed by atoms with E-state index in [1.807, 2.05) is 58.0 Å². The Balaban J connectivity index is 2.20. The highest BCUT2D eigenvalue weighted by molar-refractivity contribution is 7.92. The Morgan fingerprint density at radius 2 is 1.66 bits per heavy atom. The number of nitrogens with zero attached hydrogens (tertiary/aromatic N) is 2. The van der Waals surface area contributed by atoms with Crippen LogP contribution in [0, 0.1) is 13.8 Å². The van der Waals surface area contributed by atoms with E-state index in [1.165, 1.54) is 15.5 Å². The van der Waals surface area contributed by atoms with E-state index >= 15 is 0 Å². The molecule has 0 aliphatic heterocycles. The Bertz CT molecular complexity index is 1130. The first-order chi connectivity index (χ1) is 16.3. The first kappa shape index (κ1) is 28.7. The van der Waals surface area contributed by atoms with Gasteiger partial charge in [-0.2, -0.15) is 0 Å². The molecule has 2 amide bonds. The minimum Gasteiger partial charge on any atom is -0.352 e. The van der Waals surface area contributed by atoms with Crippen LogP contribution in [-0.2, 0) is 26.2 Å². The fourth-order valence-electron chi connectivity index (χ4n) is 3.74. The molecule has 0 radical (unpaired) electrons. The zero-order chi connectivity index (χ0) is 26.3. The zero-order valence-corrected chi connectivity index (χ0v) is 22.9. The number of sulfonamides is 1. The molecule has 0 bridgehead atoms. The van der Waals surface area contributed by atoms with Crippen molar-refractivity contribution in [3.63, 3.8) is 0 Å². The van der Waals surface area contributed by atoms with Gasteiger partial charge in [-0.3, -0.25) is 13.9 Å². The lowest BCUT2D eigenvalue weighted by molar-refractivity contribution is -0.140. The molecule has 2 rings (SSSR count). The lowest BCUT2D eigenvalue weighted by Gasteiger charge is -2.30. The zero-order valence-electron chi connectivity index (χ0n) is 21.3. The number of hydrogen-bond acceptors (Lipinski definition) is 4. The highest BCUT2D eigenvalue weighted by atomic mass is 35.5. The Labute approximate surface area is 214 Å². The van der Waals surface area contributed by atoms with Crippen molar-refractivity contribution < 1.29 is 18.0 Å². The quantitative estimate of drug-likeness (QED) is 0.473. The number of carbonyl (C=O) groups is 2. The molecule has 2 aromatic carbocycles. The molecule has 0 saturated carbocycles. The van der Waals surface area contributed by atoms with Gasteiger partial charge in [0.05, 0.1) is 11.9 Å². The molecule has 0 fully saturated rings. The number of rotatable bonds is 11. The standard InChI is InChI=1S/C26H36ClN3O4S/c1-18(2)28-26(32)21(5)29(17-22-11-13-23(27)14-12-22)25(31)8-7-15-30(35(6,33)34)24-16-19(3)9-10-20(24)4/h9-14,16,18,21H,7-8,15,17H2,1-6H3,(H,28,32)/t21-/m1/s1. The Kier molecular flexibility index (Phi) is 10.2. The van der Waals surface area contributed by atoms with Crippen LogP contribution in [0.1, 0.15) is 50.3 Å². The fourth-order valence-corrected chi connectivity index (χ4v) is 4.89. The molecule has 0 saturated heterocycles. The lowest BCUT2D eigenvalue weighted by atomic mass is 10.1. The van der Waals surface area contributed by atoms with Crippen molar-refractivity contribution in [3.05, 3.63) is 64.2 Å². The summed E-state index contributed by atoms with van der Waals surface area (Å²) in [5.74, 6) is -0.462. The van der Waals surface area contributed by atoms with Crippen LogP contribution in [0.4, 0.5) is 5.69 Å². The van der Waals surface area contributed by atoms with Crippen LogP contribution >= 0.6 is 11.6 Å². The first-order valence-corrected chi connectivity index (χ1v) is 13.9. The largest absolute Gasteiger partial charge is 0.352 e. The van der Waals surface area contributed by atoms with Crippen molar-refractivity contribution >= 4 is 39.1 Å². The second kappa shape index (κ2) is 12.4. The fraction of sp³-hybridized carbons (Fsp3) is 0.462. The number of amides is 2. The van der Waals surface area contributed by atoms with Crippen molar-refractivity contribution in [2.45, 2.75) is 66.1 Å². The number of aryl methyl sites for hydroxylation is 2. The maximum Gasteiger partial charge on any atom is 0.242 e. The average molecular weight is 522 g/mol. The van der Waals surface area contributed by atoms with Crippen LogP contribution in [0.25, 0.3) is 0 Å². The molecule has 0 unspecified atom stereocenters. The smallest absolute Gasteiger partial charge is 0.242 e. The Morgan fingerprint density at radius 3 is 2.23 bits per heavy atom. The summed E-state index contributed by atoms with van der Waals surface area (Å²) in [7, 11) is -3.54. The molecule has 9 heteroatoms. The van der Waals surface area contributed by atoms with E-state index in [9.17, 15) is 18.0 Å². The predicted octanol–water partition coefficient (Wildman–Crippen LogP) is 4.44. The average Bonchev–Trinajstić information content (AvgIpc) is 2.76. The van der Waals surface area contributed by atoms with Gasteiger partial charge in [0.25, 0.3) is 0 Å². The monoisotopic (exact) mass is 521 g/mol. The van der Waals surface area contributed by atoms with Gasteiger partial charge in [-0.15, -0.1) is 0 Å². The van der Waals surface area contributed by atoms with Crippen molar-refractivity contribution in [3.8, 4) is 0 Å². The van der Waals surface area contributed by atoms with Crippen molar-refractivity contribution in [1.29, 1.82) is 0 Å². The summed E-state index contributed by atoms with van der Waals surface area (Å²) in [5.41, 5.74) is 3.26. The maximum absolute atomic E-state index is 13.3. The number of carbonyl (C=O) groups excluding carboxylic acids is 2. The summed E-state index contributed by atoms with van der Waals surface area (Å²) in [6, 6.07) is 12.0. The maximum atomic E-state index is 13.3. The summed E-state index contributed by atoms with van der Waals surface area (Å²) in [4.78, 5) is 27.5. The topological polar surface area (TPSA) is 86.8 Å². The molecule has 0 aliphatic carbocycles. The Morgan fingerprint density at radius 1 is 1.03 bits per heavy atom. The highest BCUT2D eigenvalue weighted by Crippen LogP contribution is 2.25. The molecule has 0 heterocycles. The molecular formula is C26H36ClN3O4S. The van der Waals surface area contributed by atoms with Gasteiger partial charge in [0.15, 0.2) is 0 Å². The predicted molar refractivity (Wildman–Crippen MR) is 142 cm³/mol. The van der Waals surface area contributed by atoms with Gasteiger partial charge in [-0.1, -0.05) is 35.9 Å². The van der Waals surface area contributed by atoms with Crippen LogP contribution in [-0.4, -0.2) is 50.0 Å². The molecular weight excluding hydrogens is 486 g/mol. The summed E-state index contributed by atoms with van der Waals surface area (Å²) < 4.78 is 26.4. The van der Waals surface area contributed by atoms with E-state index < -0.39 is 16.1 Å². The van der Waals surface area contributed by atoms with Gasteiger partial charge >= 0.3 is 0 Å². The molecule has 35 heavy (non-hydrogen) atoms. The molecule has 0 aromatic heterocycles. The first-order valence-electron chi connectivity index (χ1n) is 11.7. The van der Waals surface area contributed by atoms with Crippen molar-refractivity contribution in [1.82, 2.24) is 10.2 Å². The van der Waals surface area contributed by atoms with Gasteiger partial charge in [0.2, 0.25) is 21.8 Å². The third-order valence-electron chi connectivity index (χ3n) is 5.65. The summed E-state index contributed by atoms with van der Waals surface area (Å²) in [6.07, 6.45) is 1.58. The van der Waals surface area contributed by atoms with E-state index in [-0.39, 0.29) is 37.4 Å². The van der Waals surface area contributed by atoms with Crippen LogP contribution < -0.4 is 9.62 Å². The highest BCUT2D eigenvalue weighted by Gasteiger charge is 2.27. The van der Waals surface area contributed by atoms with Crippen molar-refractivity contribution in [2.75, 3.05) is 17.1 Å².